The van der Waals surface area contributed by atoms with E-state index in [1.54, 1.807) is 13.1 Å². The first-order valence-corrected chi connectivity index (χ1v) is 17.2. The predicted molar refractivity (Wildman–Crippen MR) is 181 cm³/mol. The van der Waals surface area contributed by atoms with Crippen molar-refractivity contribution >= 4 is 44.2 Å². The topological polar surface area (TPSA) is 105 Å². The number of hydrogen-bond donors (Lipinski definition) is 3. The highest BCUT2D eigenvalue weighted by atomic mass is 32.1. The zero-order valence-corrected chi connectivity index (χ0v) is 28.2. The molecule has 0 spiro atoms. The number of nitrogens with one attached hydrogen (secondary N) is 2. The van der Waals surface area contributed by atoms with E-state index in [4.69, 9.17) is 0 Å². The lowest BCUT2D eigenvalue weighted by atomic mass is 9.93. The molecule has 0 aliphatic carbocycles. The molecule has 1 atom stereocenters. The lowest BCUT2D eigenvalue weighted by Gasteiger charge is -2.39. The van der Waals surface area contributed by atoms with Crippen LogP contribution >= 0.6 is 11.3 Å². The first kappa shape index (κ1) is 33.5. The Morgan fingerprint density at radius 1 is 1.13 bits per heavy atom. The zero-order valence-electron chi connectivity index (χ0n) is 27.4. The molecule has 0 amide bonds. The molecule has 4 aromatic rings. The molecule has 3 N–H and O–H groups in total. The van der Waals surface area contributed by atoms with Crippen molar-refractivity contribution in [1.29, 1.82) is 5.26 Å². The van der Waals surface area contributed by atoms with E-state index in [9.17, 15) is 23.5 Å². The van der Waals surface area contributed by atoms with Gasteiger partial charge in [0.05, 0.1) is 17.4 Å². The second-order valence-electron chi connectivity index (χ2n) is 13.5. The molecule has 2 aliphatic heterocycles. The summed E-state index contributed by atoms with van der Waals surface area (Å²) >= 11 is 1.06. The lowest BCUT2D eigenvalue weighted by Crippen LogP contribution is -2.47. The van der Waals surface area contributed by atoms with E-state index < -0.39 is 18.2 Å². The van der Waals surface area contributed by atoms with Crippen LogP contribution in [0.5, 0.6) is 0 Å². The number of fused-ring (bicyclic) bond motifs is 2. The van der Waals surface area contributed by atoms with Gasteiger partial charge in [-0.2, -0.15) is 23.4 Å². The summed E-state index contributed by atoms with van der Waals surface area (Å²) in [6, 6.07) is 10.7. The summed E-state index contributed by atoms with van der Waals surface area (Å²) in [7, 11) is 1.70. The largest absolute Gasteiger partial charge is 0.393 e. The zero-order chi connectivity index (χ0) is 33.5. The van der Waals surface area contributed by atoms with Crippen molar-refractivity contribution in [3.8, 4) is 6.07 Å². The monoisotopic (exact) mass is 668 g/mol. The summed E-state index contributed by atoms with van der Waals surface area (Å²) in [6.07, 6.45) is -1.99. The third kappa shape index (κ3) is 7.51. The molecule has 9 nitrogen and oxygen atoms in total. The van der Waals surface area contributed by atoms with E-state index in [-0.39, 0.29) is 17.0 Å². The summed E-state index contributed by atoms with van der Waals surface area (Å²) in [5, 5.41) is 28.5. The molecule has 2 fully saturated rings. The molecule has 0 unspecified atom stereocenters. The predicted octanol–water partition coefficient (Wildman–Crippen LogP) is 6.28. The smallest absolute Gasteiger partial charge is 0.390 e. The molecule has 3 aromatic heterocycles. The number of hydrogen-bond acceptors (Lipinski definition) is 9. The first-order chi connectivity index (χ1) is 22.3. The minimum Gasteiger partial charge on any atom is -0.390 e. The second kappa shape index (κ2) is 13.2. The van der Waals surface area contributed by atoms with Gasteiger partial charge in [0.25, 0.3) is 0 Å². The van der Waals surface area contributed by atoms with Crippen LogP contribution in [-0.2, 0) is 19.5 Å². The van der Waals surface area contributed by atoms with Gasteiger partial charge in [0, 0.05) is 74.2 Å². The van der Waals surface area contributed by atoms with Crippen molar-refractivity contribution in [2.24, 2.45) is 0 Å². The summed E-state index contributed by atoms with van der Waals surface area (Å²) in [5.41, 5.74) is 3.58. The van der Waals surface area contributed by atoms with Crippen molar-refractivity contribution < 1.29 is 18.3 Å². The van der Waals surface area contributed by atoms with E-state index >= 15 is 0 Å². The van der Waals surface area contributed by atoms with Crippen molar-refractivity contribution in [1.82, 2.24) is 24.3 Å². The molecule has 2 saturated heterocycles. The third-order valence-electron chi connectivity index (χ3n) is 9.89. The van der Waals surface area contributed by atoms with Crippen LogP contribution in [0.15, 0.2) is 24.3 Å². The van der Waals surface area contributed by atoms with Gasteiger partial charge in [0.2, 0.25) is 5.95 Å². The Morgan fingerprint density at radius 3 is 2.51 bits per heavy atom. The second-order valence-corrected chi connectivity index (χ2v) is 14.6. The van der Waals surface area contributed by atoms with Crippen molar-refractivity contribution in [2.45, 2.75) is 89.8 Å². The van der Waals surface area contributed by atoms with Crippen molar-refractivity contribution in [2.75, 3.05) is 43.9 Å². The molecule has 6 rings (SSSR count). The van der Waals surface area contributed by atoms with E-state index in [1.165, 1.54) is 11.1 Å². The Bertz CT molecular complexity index is 1770. The number of thiophene rings is 1. The highest BCUT2D eigenvalue weighted by Crippen LogP contribution is 2.35. The van der Waals surface area contributed by atoms with Crippen LogP contribution in [0.2, 0.25) is 0 Å². The number of benzene rings is 1. The number of nitrogens with zero attached hydrogens (tertiary/aromatic N) is 6. The molecule has 2 aliphatic rings. The molecule has 0 bridgehead atoms. The average molecular weight is 669 g/mol. The Hall–Kier alpha value is -3.44. The molecule has 47 heavy (non-hydrogen) atoms. The molecule has 5 heterocycles. The maximum absolute atomic E-state index is 13.1. The van der Waals surface area contributed by atoms with E-state index in [1.807, 2.05) is 13.0 Å². The van der Waals surface area contributed by atoms with Crippen LogP contribution in [0.3, 0.4) is 0 Å². The maximum atomic E-state index is 13.1. The van der Waals surface area contributed by atoms with Gasteiger partial charge in [-0.05, 0) is 75.8 Å². The van der Waals surface area contributed by atoms with Gasteiger partial charge in [0.1, 0.15) is 22.4 Å². The number of aromatic nitrogens is 3. The van der Waals surface area contributed by atoms with Gasteiger partial charge in [0.15, 0.2) is 0 Å². The minimum absolute atomic E-state index is 0.142. The van der Waals surface area contributed by atoms with E-state index in [2.05, 4.69) is 67.0 Å². The van der Waals surface area contributed by atoms with E-state index in [0.29, 0.717) is 27.7 Å². The lowest BCUT2D eigenvalue weighted by molar-refractivity contribution is -0.126. The Labute approximate surface area is 277 Å². The summed E-state index contributed by atoms with van der Waals surface area (Å²) in [4.78, 5) is 14.6. The maximum Gasteiger partial charge on any atom is 0.393 e. The summed E-state index contributed by atoms with van der Waals surface area (Å²) in [6.45, 7) is 11.2. The van der Waals surface area contributed by atoms with Gasteiger partial charge in [-0.3, -0.25) is 9.80 Å². The highest BCUT2D eigenvalue weighted by molar-refractivity contribution is 7.18. The van der Waals surface area contributed by atoms with Crippen LogP contribution in [0, 0.1) is 18.3 Å². The number of rotatable bonds is 9. The highest BCUT2D eigenvalue weighted by Gasteiger charge is 2.31. The van der Waals surface area contributed by atoms with Gasteiger partial charge < -0.3 is 20.3 Å². The number of nitriles is 1. The minimum atomic E-state index is -4.28. The Kier molecular flexibility index (Phi) is 9.41. The number of likely N-dealkylation sites (tertiary alicyclic amines) is 2. The molecule has 252 valence electrons. The van der Waals surface area contributed by atoms with Gasteiger partial charge >= 0.3 is 6.18 Å². The van der Waals surface area contributed by atoms with Gasteiger partial charge in [-0.15, -0.1) is 11.3 Å². The third-order valence-corrected chi connectivity index (χ3v) is 10.9. The fraction of sp³-hybridized carbons (Fsp3) is 0.559. The number of aliphatic hydroxyl groups is 1. The molecule has 13 heteroatoms. The van der Waals surface area contributed by atoms with Crippen LogP contribution in [-0.4, -0.2) is 86.5 Å². The first-order valence-electron chi connectivity index (χ1n) is 16.3. The number of anilines is 2. The fourth-order valence-corrected chi connectivity index (χ4v) is 8.01. The van der Waals surface area contributed by atoms with Crippen molar-refractivity contribution in [3.05, 3.63) is 46.0 Å². The average Bonchev–Trinajstić information content (AvgIpc) is 3.59. The standard InChI is InChI=1S/C34H43F3N8OS/c1-21(44-13-9-33(3,46)10-14-44)19-45-25(18-38)15-27-22(2)23(5-6-29(27)45)20-43-11-7-24(8-12-43)40-30-28-16-26(17-34(35,36)37)47-31(28)42-32(39-4)41-30/h5-6,15-16,21,24,46H,7-14,17,19-20H2,1-4H3,(H2,39,40,41,42)/t21-/m0/s1. The fourth-order valence-electron chi connectivity index (χ4n) is 6.96. The molecular weight excluding hydrogens is 625 g/mol. The summed E-state index contributed by atoms with van der Waals surface area (Å²) < 4.78 is 41.3. The van der Waals surface area contributed by atoms with Crippen LogP contribution in [0.4, 0.5) is 24.9 Å². The Morgan fingerprint density at radius 2 is 1.85 bits per heavy atom. The SMILES string of the molecule is CNc1nc(NC2CCN(Cc3ccc4c(cc(C#N)n4C[C@H](C)N4CCC(C)(O)CC4)c3C)CC2)c2cc(CC(F)(F)F)sc2n1. The molecule has 0 saturated carbocycles. The normalized spacial score (nSPS) is 18.9. The Balaban J connectivity index is 1.11. The van der Waals surface area contributed by atoms with Crippen molar-refractivity contribution in [3.63, 3.8) is 0 Å². The van der Waals surface area contributed by atoms with E-state index in [0.717, 1.165) is 87.2 Å². The molecule has 1 aromatic carbocycles. The molecular formula is C34H43F3N8OS. The quantitative estimate of drug-likeness (QED) is 0.191. The van der Waals surface area contributed by atoms with Crippen LogP contribution < -0.4 is 10.6 Å². The number of halogens is 3. The summed E-state index contributed by atoms with van der Waals surface area (Å²) in [5.74, 6) is 0.954. The number of piperidine rings is 2. The van der Waals surface area contributed by atoms with Crippen LogP contribution in [0.1, 0.15) is 61.2 Å². The van der Waals surface area contributed by atoms with Gasteiger partial charge in [-0.1, -0.05) is 6.07 Å². The van der Waals surface area contributed by atoms with Crippen LogP contribution in [0.25, 0.3) is 21.1 Å². The van der Waals surface area contributed by atoms with Gasteiger partial charge in [-0.25, -0.2) is 4.98 Å². The number of alkyl halides is 3. The number of aryl methyl sites for hydroxylation is 1. The molecule has 0 radical (unpaired) electrons.